The molecule has 2 N–H and O–H groups in total. The lowest BCUT2D eigenvalue weighted by molar-refractivity contribution is -0.120. The third-order valence-electron chi connectivity index (χ3n) is 3.74. The minimum atomic E-state index is -0.334. The molecule has 1 aromatic carbocycles. The van der Waals surface area contributed by atoms with Crippen molar-refractivity contribution in [2.45, 2.75) is 31.7 Å². The largest absolute Gasteiger partial charge is 0.497 e. The van der Waals surface area contributed by atoms with E-state index in [1.54, 1.807) is 18.2 Å². The van der Waals surface area contributed by atoms with Crippen LogP contribution in [-0.4, -0.2) is 38.6 Å². The Morgan fingerprint density at radius 2 is 1.68 bits per heavy atom. The minimum absolute atomic E-state index is 0.0329. The molecule has 1 aromatic rings. The van der Waals surface area contributed by atoms with Crippen LogP contribution in [-0.2, 0) is 4.79 Å². The Morgan fingerprint density at radius 3 is 2.23 bits per heavy atom. The van der Waals surface area contributed by atoms with Gasteiger partial charge in [-0.05, 0) is 25.0 Å². The summed E-state index contributed by atoms with van der Waals surface area (Å²) < 4.78 is 10.2. The average Bonchev–Trinajstić information content (AvgIpc) is 3.04. The molecule has 120 valence electrons. The maximum atomic E-state index is 12.1. The number of hydrogen-bond acceptors (Lipinski definition) is 4. The number of benzene rings is 1. The zero-order chi connectivity index (χ0) is 15.9. The van der Waals surface area contributed by atoms with Crippen LogP contribution in [0.1, 0.15) is 36.0 Å². The van der Waals surface area contributed by atoms with Crippen molar-refractivity contribution in [2.75, 3.05) is 20.8 Å². The molecule has 0 unspecified atom stereocenters. The van der Waals surface area contributed by atoms with Gasteiger partial charge in [-0.3, -0.25) is 9.59 Å². The summed E-state index contributed by atoms with van der Waals surface area (Å²) >= 11 is 0. The first-order valence-corrected chi connectivity index (χ1v) is 7.43. The van der Waals surface area contributed by atoms with E-state index in [1.165, 1.54) is 14.2 Å². The Kier molecular flexibility index (Phi) is 5.63. The Bertz CT molecular complexity index is 517. The summed E-state index contributed by atoms with van der Waals surface area (Å²) in [6, 6.07) is 5.14. The number of hydrogen-bond donors (Lipinski definition) is 2. The number of nitrogens with one attached hydrogen (secondary N) is 2. The van der Waals surface area contributed by atoms with Crippen molar-refractivity contribution in [3.63, 3.8) is 0 Å². The van der Waals surface area contributed by atoms with E-state index in [0.29, 0.717) is 17.1 Å². The van der Waals surface area contributed by atoms with Crippen molar-refractivity contribution < 1.29 is 19.1 Å². The second kappa shape index (κ2) is 7.68. The molecule has 2 rings (SSSR count). The third kappa shape index (κ3) is 4.38. The number of carbonyl (C=O) groups excluding carboxylic acids is 2. The first-order valence-electron chi connectivity index (χ1n) is 7.43. The molecule has 22 heavy (non-hydrogen) atoms. The van der Waals surface area contributed by atoms with Gasteiger partial charge in [-0.2, -0.15) is 0 Å². The number of ether oxygens (including phenoxy) is 2. The van der Waals surface area contributed by atoms with E-state index in [-0.39, 0.29) is 24.4 Å². The smallest absolute Gasteiger partial charge is 0.251 e. The summed E-state index contributed by atoms with van der Waals surface area (Å²) in [6.45, 7) is -0.0329. The lowest BCUT2D eigenvalue weighted by Crippen LogP contribution is -2.40. The summed E-state index contributed by atoms with van der Waals surface area (Å²) in [7, 11) is 3.04. The first kappa shape index (κ1) is 16.1. The van der Waals surface area contributed by atoms with E-state index in [4.69, 9.17) is 9.47 Å². The van der Waals surface area contributed by atoms with E-state index in [1.807, 2.05) is 0 Å². The molecule has 0 radical (unpaired) electrons. The summed E-state index contributed by atoms with van der Waals surface area (Å²) in [6.07, 6.45) is 4.35. The maximum absolute atomic E-state index is 12.1. The molecular formula is C16H22N2O4. The standard InChI is InChI=1S/C16H22N2O4/c1-21-13-7-11(8-14(9-13)22-2)16(20)17-10-15(19)18-12-5-3-4-6-12/h7-9,12H,3-6,10H2,1-2H3,(H,17,20)(H,18,19). The normalized spacial score (nSPS) is 14.5. The second-order valence-electron chi connectivity index (χ2n) is 5.33. The van der Waals surface area contributed by atoms with E-state index in [9.17, 15) is 9.59 Å². The fourth-order valence-corrected chi connectivity index (χ4v) is 2.55. The Labute approximate surface area is 130 Å². The molecule has 6 nitrogen and oxygen atoms in total. The first-order chi connectivity index (χ1) is 10.6. The van der Waals surface area contributed by atoms with E-state index in [2.05, 4.69) is 10.6 Å². The van der Waals surface area contributed by atoms with Crippen LogP contribution in [0.15, 0.2) is 18.2 Å². The Hall–Kier alpha value is -2.24. The summed E-state index contributed by atoms with van der Waals surface area (Å²) in [5.74, 6) is 0.564. The van der Waals surface area contributed by atoms with Crippen LogP contribution in [0.3, 0.4) is 0 Å². The predicted molar refractivity (Wildman–Crippen MR) is 82.3 cm³/mol. The van der Waals surface area contributed by atoms with Crippen molar-refractivity contribution in [3.8, 4) is 11.5 Å². The highest BCUT2D eigenvalue weighted by atomic mass is 16.5. The summed E-state index contributed by atoms with van der Waals surface area (Å²) in [4.78, 5) is 23.9. The van der Waals surface area contributed by atoms with Crippen LogP contribution in [0.2, 0.25) is 0 Å². The lowest BCUT2D eigenvalue weighted by Gasteiger charge is -2.13. The van der Waals surface area contributed by atoms with E-state index < -0.39 is 0 Å². The monoisotopic (exact) mass is 306 g/mol. The molecule has 1 saturated carbocycles. The van der Waals surface area contributed by atoms with Crippen LogP contribution in [0.4, 0.5) is 0 Å². The summed E-state index contributed by atoms with van der Waals surface area (Å²) in [5, 5.41) is 5.54. The zero-order valence-corrected chi connectivity index (χ0v) is 13.0. The number of carbonyl (C=O) groups is 2. The van der Waals surface area contributed by atoms with Crippen LogP contribution in [0.25, 0.3) is 0 Å². The SMILES string of the molecule is COc1cc(OC)cc(C(=O)NCC(=O)NC2CCCC2)c1. The molecule has 1 aliphatic carbocycles. The molecule has 0 heterocycles. The van der Waals surface area contributed by atoms with Gasteiger partial charge in [0, 0.05) is 17.7 Å². The van der Waals surface area contributed by atoms with Crippen LogP contribution < -0.4 is 20.1 Å². The number of rotatable bonds is 6. The molecule has 0 aromatic heterocycles. The lowest BCUT2D eigenvalue weighted by atomic mass is 10.2. The van der Waals surface area contributed by atoms with Crippen molar-refractivity contribution in [2.24, 2.45) is 0 Å². The fourth-order valence-electron chi connectivity index (χ4n) is 2.55. The van der Waals surface area contributed by atoms with Crippen molar-refractivity contribution in [3.05, 3.63) is 23.8 Å². The zero-order valence-electron chi connectivity index (χ0n) is 13.0. The predicted octanol–water partition coefficient (Wildman–Crippen LogP) is 1.49. The third-order valence-corrected chi connectivity index (χ3v) is 3.74. The number of methoxy groups -OCH3 is 2. The Morgan fingerprint density at radius 1 is 1.09 bits per heavy atom. The van der Waals surface area contributed by atoms with Crippen molar-refractivity contribution in [1.82, 2.24) is 10.6 Å². The van der Waals surface area contributed by atoms with Crippen LogP contribution >= 0.6 is 0 Å². The molecule has 1 fully saturated rings. The molecule has 0 bridgehead atoms. The van der Waals surface area contributed by atoms with Gasteiger partial charge in [0.15, 0.2) is 0 Å². The second-order valence-corrected chi connectivity index (χ2v) is 5.33. The highest BCUT2D eigenvalue weighted by Crippen LogP contribution is 2.22. The molecule has 2 amide bonds. The van der Waals surface area contributed by atoms with Gasteiger partial charge in [-0.15, -0.1) is 0 Å². The molecule has 1 aliphatic rings. The van der Waals surface area contributed by atoms with Gasteiger partial charge in [0.1, 0.15) is 11.5 Å². The molecule has 6 heteroatoms. The van der Waals surface area contributed by atoms with Gasteiger partial charge in [-0.25, -0.2) is 0 Å². The highest BCUT2D eigenvalue weighted by Gasteiger charge is 2.17. The highest BCUT2D eigenvalue weighted by molar-refractivity contribution is 5.97. The molecule has 0 aliphatic heterocycles. The van der Waals surface area contributed by atoms with Gasteiger partial charge >= 0.3 is 0 Å². The number of amides is 2. The van der Waals surface area contributed by atoms with E-state index in [0.717, 1.165) is 25.7 Å². The van der Waals surface area contributed by atoms with Gasteiger partial charge in [0.25, 0.3) is 5.91 Å². The topological polar surface area (TPSA) is 76.7 Å². The van der Waals surface area contributed by atoms with Gasteiger partial charge in [0.05, 0.1) is 20.8 Å². The fraction of sp³-hybridized carbons (Fsp3) is 0.500. The molecule has 0 saturated heterocycles. The Balaban J connectivity index is 1.89. The minimum Gasteiger partial charge on any atom is -0.497 e. The summed E-state index contributed by atoms with van der Waals surface area (Å²) in [5.41, 5.74) is 0.393. The van der Waals surface area contributed by atoms with Crippen LogP contribution in [0.5, 0.6) is 11.5 Å². The molecule has 0 spiro atoms. The van der Waals surface area contributed by atoms with E-state index >= 15 is 0 Å². The van der Waals surface area contributed by atoms with Gasteiger partial charge in [0.2, 0.25) is 5.91 Å². The quantitative estimate of drug-likeness (QED) is 0.835. The van der Waals surface area contributed by atoms with Crippen LogP contribution in [0, 0.1) is 0 Å². The van der Waals surface area contributed by atoms with Crippen molar-refractivity contribution >= 4 is 11.8 Å². The average molecular weight is 306 g/mol. The molecule has 0 atom stereocenters. The van der Waals surface area contributed by atoms with Gasteiger partial charge in [-0.1, -0.05) is 12.8 Å². The maximum Gasteiger partial charge on any atom is 0.251 e. The molecular weight excluding hydrogens is 284 g/mol. The van der Waals surface area contributed by atoms with Gasteiger partial charge < -0.3 is 20.1 Å². The van der Waals surface area contributed by atoms with Crippen molar-refractivity contribution in [1.29, 1.82) is 0 Å².